The number of hydrogen-bond donors (Lipinski definition) is 2. The summed E-state index contributed by atoms with van der Waals surface area (Å²) in [5.41, 5.74) is 0. The molecule has 1 saturated heterocycles. The average molecular weight is 200 g/mol. The molecule has 84 valence electrons. The van der Waals surface area contributed by atoms with Crippen molar-refractivity contribution in [3.63, 3.8) is 0 Å². The second kappa shape index (κ2) is 6.38. The minimum atomic E-state index is -0.228. The number of rotatable bonds is 6. The van der Waals surface area contributed by atoms with Gasteiger partial charge in [-0.15, -0.1) is 0 Å². The van der Waals surface area contributed by atoms with E-state index in [2.05, 4.69) is 17.1 Å². The number of aliphatic hydroxyl groups excluding tert-OH is 1. The smallest absolute Gasteiger partial charge is 0.0636 e. The molecule has 1 fully saturated rings. The summed E-state index contributed by atoms with van der Waals surface area (Å²) >= 11 is 0. The van der Waals surface area contributed by atoms with Crippen LogP contribution in [0.25, 0.3) is 0 Å². The van der Waals surface area contributed by atoms with Crippen molar-refractivity contribution in [3.05, 3.63) is 0 Å². The fourth-order valence-electron chi connectivity index (χ4n) is 2.01. The van der Waals surface area contributed by atoms with E-state index in [0.717, 1.165) is 6.54 Å². The first-order valence-electron chi connectivity index (χ1n) is 5.79. The largest absolute Gasteiger partial charge is 0.392 e. The van der Waals surface area contributed by atoms with Crippen LogP contribution < -0.4 is 5.32 Å². The topological polar surface area (TPSA) is 35.5 Å². The summed E-state index contributed by atoms with van der Waals surface area (Å²) in [6.07, 6.45) is 2.51. The Morgan fingerprint density at radius 2 is 1.86 bits per heavy atom. The molecular weight excluding hydrogens is 176 g/mol. The number of aliphatic hydroxyl groups is 1. The molecule has 1 heterocycles. The summed E-state index contributed by atoms with van der Waals surface area (Å²) in [6.45, 7) is 9.57. The van der Waals surface area contributed by atoms with Crippen LogP contribution in [0.3, 0.4) is 0 Å². The predicted octanol–water partition coefficient (Wildman–Crippen LogP) is 0.689. The van der Waals surface area contributed by atoms with Crippen molar-refractivity contribution in [2.45, 2.75) is 32.8 Å². The van der Waals surface area contributed by atoms with E-state index in [1.54, 1.807) is 0 Å². The Morgan fingerprint density at radius 1 is 1.21 bits per heavy atom. The van der Waals surface area contributed by atoms with Gasteiger partial charge in [-0.2, -0.15) is 0 Å². The van der Waals surface area contributed by atoms with Gasteiger partial charge in [-0.05, 0) is 45.3 Å². The van der Waals surface area contributed by atoms with Gasteiger partial charge < -0.3 is 15.3 Å². The molecule has 0 bridgehead atoms. The van der Waals surface area contributed by atoms with Crippen LogP contribution in [0.4, 0.5) is 0 Å². The van der Waals surface area contributed by atoms with E-state index in [1.165, 1.54) is 32.5 Å². The van der Waals surface area contributed by atoms with Crippen LogP contribution in [0.2, 0.25) is 0 Å². The van der Waals surface area contributed by atoms with E-state index < -0.39 is 0 Å². The van der Waals surface area contributed by atoms with Crippen molar-refractivity contribution in [1.29, 1.82) is 0 Å². The fourth-order valence-corrected chi connectivity index (χ4v) is 2.01. The fraction of sp³-hybridized carbons (Fsp3) is 1.00. The highest BCUT2D eigenvalue weighted by atomic mass is 16.3. The number of nitrogens with one attached hydrogen (secondary N) is 1. The van der Waals surface area contributed by atoms with E-state index >= 15 is 0 Å². The molecule has 0 aromatic rings. The molecule has 1 aliphatic heterocycles. The van der Waals surface area contributed by atoms with Gasteiger partial charge in [0.25, 0.3) is 0 Å². The van der Waals surface area contributed by atoms with E-state index in [4.69, 9.17) is 5.11 Å². The summed E-state index contributed by atoms with van der Waals surface area (Å²) in [5.74, 6) is 0.687. The van der Waals surface area contributed by atoms with Crippen molar-refractivity contribution < 1.29 is 5.11 Å². The molecule has 3 heteroatoms. The summed E-state index contributed by atoms with van der Waals surface area (Å²) in [4.78, 5) is 2.54. The van der Waals surface area contributed by atoms with Gasteiger partial charge in [-0.25, -0.2) is 0 Å². The Morgan fingerprint density at radius 3 is 2.43 bits per heavy atom. The van der Waals surface area contributed by atoms with Gasteiger partial charge in [-0.1, -0.05) is 6.92 Å². The van der Waals surface area contributed by atoms with E-state index in [9.17, 15) is 0 Å². The maximum Gasteiger partial charge on any atom is 0.0636 e. The van der Waals surface area contributed by atoms with Crippen LogP contribution in [0, 0.1) is 5.92 Å². The van der Waals surface area contributed by atoms with Gasteiger partial charge >= 0.3 is 0 Å². The lowest BCUT2D eigenvalue weighted by atomic mass is 10.1. The van der Waals surface area contributed by atoms with Gasteiger partial charge in [0.2, 0.25) is 0 Å². The second-order valence-corrected chi connectivity index (χ2v) is 4.62. The van der Waals surface area contributed by atoms with Crippen LogP contribution in [0.1, 0.15) is 26.7 Å². The molecule has 0 saturated carbocycles. The Bertz CT molecular complexity index is 144. The highest BCUT2D eigenvalue weighted by molar-refractivity contribution is 4.70. The van der Waals surface area contributed by atoms with Crippen LogP contribution in [0.15, 0.2) is 0 Å². The molecule has 0 aromatic heterocycles. The zero-order chi connectivity index (χ0) is 10.4. The number of nitrogens with zero attached hydrogens (tertiary/aromatic N) is 1. The Balaban J connectivity index is 2.00. The van der Waals surface area contributed by atoms with Crippen LogP contribution in [0.5, 0.6) is 0 Å². The molecule has 3 nitrogen and oxygen atoms in total. The molecular formula is C11H24N2O. The minimum absolute atomic E-state index is 0.228. The zero-order valence-electron chi connectivity index (χ0n) is 9.50. The van der Waals surface area contributed by atoms with Gasteiger partial charge in [0.15, 0.2) is 0 Å². The monoisotopic (exact) mass is 200 g/mol. The van der Waals surface area contributed by atoms with E-state index in [-0.39, 0.29) is 6.10 Å². The SMILES string of the molecule is CC(O)CNCC(C)CN1CCCC1. The lowest BCUT2D eigenvalue weighted by Crippen LogP contribution is -2.34. The summed E-state index contributed by atoms with van der Waals surface area (Å²) in [5, 5.41) is 12.4. The van der Waals surface area contributed by atoms with Gasteiger partial charge in [0.05, 0.1) is 6.10 Å². The third kappa shape index (κ3) is 4.94. The van der Waals surface area contributed by atoms with Gasteiger partial charge in [0, 0.05) is 13.1 Å². The maximum absolute atomic E-state index is 9.08. The molecule has 2 N–H and O–H groups in total. The van der Waals surface area contributed by atoms with Crippen molar-refractivity contribution in [1.82, 2.24) is 10.2 Å². The van der Waals surface area contributed by atoms with Crippen LogP contribution in [-0.4, -0.2) is 48.8 Å². The second-order valence-electron chi connectivity index (χ2n) is 4.62. The van der Waals surface area contributed by atoms with Crippen LogP contribution in [-0.2, 0) is 0 Å². The maximum atomic E-state index is 9.08. The van der Waals surface area contributed by atoms with E-state index in [1.807, 2.05) is 6.92 Å². The summed E-state index contributed by atoms with van der Waals surface area (Å²) < 4.78 is 0. The first-order valence-corrected chi connectivity index (χ1v) is 5.79. The van der Waals surface area contributed by atoms with Crippen LogP contribution >= 0.6 is 0 Å². The normalized spacial score (nSPS) is 22.5. The lowest BCUT2D eigenvalue weighted by Gasteiger charge is -2.20. The first kappa shape index (κ1) is 12.0. The Hall–Kier alpha value is -0.120. The van der Waals surface area contributed by atoms with Gasteiger partial charge in [0.1, 0.15) is 0 Å². The third-order valence-corrected chi connectivity index (χ3v) is 2.70. The molecule has 1 aliphatic rings. The molecule has 2 unspecified atom stereocenters. The van der Waals surface area contributed by atoms with Gasteiger partial charge in [-0.3, -0.25) is 0 Å². The summed E-state index contributed by atoms with van der Waals surface area (Å²) in [7, 11) is 0. The van der Waals surface area contributed by atoms with Crippen molar-refractivity contribution >= 4 is 0 Å². The predicted molar refractivity (Wildman–Crippen MR) is 59.4 cm³/mol. The first-order chi connectivity index (χ1) is 6.68. The molecule has 1 rings (SSSR count). The minimum Gasteiger partial charge on any atom is -0.392 e. The highest BCUT2D eigenvalue weighted by Gasteiger charge is 2.14. The molecule has 0 spiro atoms. The lowest BCUT2D eigenvalue weighted by molar-refractivity contribution is 0.187. The quantitative estimate of drug-likeness (QED) is 0.662. The van der Waals surface area contributed by atoms with Crippen molar-refractivity contribution in [3.8, 4) is 0 Å². The molecule has 2 atom stereocenters. The average Bonchev–Trinajstić information content (AvgIpc) is 2.56. The molecule has 0 amide bonds. The number of hydrogen-bond acceptors (Lipinski definition) is 3. The molecule has 0 aliphatic carbocycles. The Labute approximate surface area is 87.5 Å². The third-order valence-electron chi connectivity index (χ3n) is 2.70. The number of likely N-dealkylation sites (tertiary alicyclic amines) is 1. The highest BCUT2D eigenvalue weighted by Crippen LogP contribution is 2.09. The molecule has 0 aromatic carbocycles. The van der Waals surface area contributed by atoms with Crippen molar-refractivity contribution in [2.75, 3.05) is 32.7 Å². The van der Waals surface area contributed by atoms with E-state index in [0.29, 0.717) is 12.5 Å². The molecule has 0 radical (unpaired) electrons. The zero-order valence-corrected chi connectivity index (χ0v) is 9.50. The van der Waals surface area contributed by atoms with Crippen molar-refractivity contribution in [2.24, 2.45) is 5.92 Å². The Kier molecular flexibility index (Phi) is 5.45. The standard InChI is InChI=1S/C11H24N2O/c1-10(7-12-8-11(2)14)9-13-5-3-4-6-13/h10-12,14H,3-9H2,1-2H3. The molecule has 14 heavy (non-hydrogen) atoms. The summed E-state index contributed by atoms with van der Waals surface area (Å²) in [6, 6.07) is 0.